The summed E-state index contributed by atoms with van der Waals surface area (Å²) < 4.78 is 4.87. The van der Waals surface area contributed by atoms with E-state index in [-0.39, 0.29) is 30.5 Å². The molecule has 0 saturated heterocycles. The van der Waals surface area contributed by atoms with E-state index in [1.54, 1.807) is 6.92 Å². The Morgan fingerprint density at radius 1 is 1.56 bits per heavy atom. The summed E-state index contributed by atoms with van der Waals surface area (Å²) in [5, 5.41) is 21.0. The van der Waals surface area contributed by atoms with Crippen LogP contribution < -0.4 is 5.32 Å². The number of halogens is 1. The molecule has 0 unspecified atom stereocenters. The molecule has 0 bridgehead atoms. The van der Waals surface area contributed by atoms with Gasteiger partial charge in [0.2, 0.25) is 0 Å². The lowest BCUT2D eigenvalue weighted by atomic mass is 10.2. The highest BCUT2D eigenvalue weighted by atomic mass is 35.5. The lowest BCUT2D eigenvalue weighted by molar-refractivity contribution is 0.0526. The Labute approximate surface area is 110 Å². The standard InChI is InChI=1S/C11H15ClN2O4/c1-2-18-11(17)8-4-13-10(12)3-9(8)14-7(5-15)6-16/h3-4,7,15-16H,2,5-6H2,1H3,(H,13,14). The Bertz CT molecular complexity index is 410. The molecule has 0 aliphatic rings. The molecule has 3 N–H and O–H groups in total. The van der Waals surface area contributed by atoms with Crippen LogP contribution in [-0.2, 0) is 4.74 Å². The van der Waals surface area contributed by atoms with E-state index in [1.165, 1.54) is 12.3 Å². The van der Waals surface area contributed by atoms with Gasteiger partial charge in [-0.15, -0.1) is 0 Å². The highest BCUT2D eigenvalue weighted by molar-refractivity contribution is 6.29. The molecule has 0 aliphatic carbocycles. The molecule has 0 radical (unpaired) electrons. The Hall–Kier alpha value is -1.37. The maximum atomic E-state index is 11.7. The zero-order valence-electron chi connectivity index (χ0n) is 9.89. The summed E-state index contributed by atoms with van der Waals surface area (Å²) >= 11 is 5.74. The zero-order chi connectivity index (χ0) is 13.5. The summed E-state index contributed by atoms with van der Waals surface area (Å²) in [6.07, 6.45) is 1.29. The molecule has 0 aliphatic heterocycles. The number of aromatic nitrogens is 1. The summed E-state index contributed by atoms with van der Waals surface area (Å²) in [6, 6.07) is 0.850. The molecule has 1 aromatic heterocycles. The number of aliphatic hydroxyl groups is 2. The average Bonchev–Trinajstić information content (AvgIpc) is 2.36. The molecule has 6 nitrogen and oxygen atoms in total. The minimum Gasteiger partial charge on any atom is -0.462 e. The van der Waals surface area contributed by atoms with E-state index in [9.17, 15) is 4.79 Å². The number of hydrogen-bond acceptors (Lipinski definition) is 6. The Morgan fingerprint density at radius 2 is 2.22 bits per heavy atom. The summed E-state index contributed by atoms with van der Waals surface area (Å²) in [7, 11) is 0. The lowest BCUT2D eigenvalue weighted by Gasteiger charge is -2.17. The molecule has 18 heavy (non-hydrogen) atoms. The first-order valence-corrected chi connectivity index (χ1v) is 5.81. The van der Waals surface area contributed by atoms with E-state index in [2.05, 4.69) is 10.3 Å². The Morgan fingerprint density at radius 3 is 2.78 bits per heavy atom. The van der Waals surface area contributed by atoms with Gasteiger partial charge in [-0.1, -0.05) is 11.6 Å². The summed E-state index contributed by atoms with van der Waals surface area (Å²) in [6.45, 7) is 1.38. The zero-order valence-corrected chi connectivity index (χ0v) is 10.6. The van der Waals surface area contributed by atoms with Crippen molar-refractivity contribution in [2.45, 2.75) is 13.0 Å². The van der Waals surface area contributed by atoms with Crippen LogP contribution in [-0.4, -0.2) is 47.0 Å². The predicted molar refractivity (Wildman–Crippen MR) is 66.8 cm³/mol. The van der Waals surface area contributed by atoms with Crippen LogP contribution in [0.3, 0.4) is 0 Å². The van der Waals surface area contributed by atoms with Crippen LogP contribution in [0, 0.1) is 0 Å². The molecule has 0 spiro atoms. The number of hydrogen-bond donors (Lipinski definition) is 3. The van der Waals surface area contributed by atoms with Crippen molar-refractivity contribution in [3.63, 3.8) is 0 Å². The first kappa shape index (κ1) is 14.7. The van der Waals surface area contributed by atoms with Gasteiger partial charge in [0, 0.05) is 6.20 Å². The Balaban J connectivity index is 2.99. The third-order valence-electron chi connectivity index (χ3n) is 2.17. The second-order valence-corrected chi connectivity index (χ2v) is 3.87. The van der Waals surface area contributed by atoms with Crippen molar-refractivity contribution in [3.05, 3.63) is 23.0 Å². The SMILES string of the molecule is CCOC(=O)c1cnc(Cl)cc1NC(CO)CO. The van der Waals surface area contributed by atoms with Gasteiger partial charge in [0.1, 0.15) is 10.7 Å². The van der Waals surface area contributed by atoms with Crippen molar-refractivity contribution in [1.29, 1.82) is 0 Å². The van der Waals surface area contributed by atoms with Gasteiger partial charge in [0.05, 0.1) is 31.5 Å². The van der Waals surface area contributed by atoms with Crippen molar-refractivity contribution < 1.29 is 19.7 Å². The number of esters is 1. The molecule has 0 atom stereocenters. The van der Waals surface area contributed by atoms with Crippen LogP contribution in [0.15, 0.2) is 12.3 Å². The van der Waals surface area contributed by atoms with Crippen molar-refractivity contribution in [2.24, 2.45) is 0 Å². The number of anilines is 1. The van der Waals surface area contributed by atoms with Gasteiger partial charge in [0.15, 0.2) is 0 Å². The molecule has 1 rings (SSSR count). The van der Waals surface area contributed by atoms with E-state index in [0.29, 0.717) is 5.69 Å². The number of carbonyl (C=O) groups excluding carboxylic acids is 1. The van der Waals surface area contributed by atoms with E-state index in [0.717, 1.165) is 0 Å². The fourth-order valence-electron chi connectivity index (χ4n) is 1.29. The van der Waals surface area contributed by atoms with Crippen LogP contribution >= 0.6 is 11.6 Å². The summed E-state index contributed by atoms with van der Waals surface area (Å²) in [5.41, 5.74) is 0.565. The predicted octanol–water partition coefficient (Wildman–Crippen LogP) is 0.677. The van der Waals surface area contributed by atoms with Crippen molar-refractivity contribution in [2.75, 3.05) is 25.1 Å². The Kier molecular flexibility index (Phi) is 5.84. The number of aliphatic hydroxyl groups excluding tert-OH is 2. The van der Waals surface area contributed by atoms with Gasteiger partial charge in [-0.3, -0.25) is 0 Å². The van der Waals surface area contributed by atoms with Gasteiger partial charge in [-0.2, -0.15) is 0 Å². The highest BCUT2D eigenvalue weighted by Gasteiger charge is 2.16. The largest absolute Gasteiger partial charge is 0.462 e. The third-order valence-corrected chi connectivity index (χ3v) is 2.37. The molecule has 0 amide bonds. The topological polar surface area (TPSA) is 91.7 Å². The number of carbonyl (C=O) groups is 1. The smallest absolute Gasteiger partial charge is 0.341 e. The van der Waals surface area contributed by atoms with Crippen LogP contribution in [0.4, 0.5) is 5.69 Å². The number of nitrogens with zero attached hydrogens (tertiary/aromatic N) is 1. The summed E-state index contributed by atoms with van der Waals surface area (Å²) in [5.74, 6) is -0.543. The van der Waals surface area contributed by atoms with Crippen LogP contribution in [0.2, 0.25) is 5.15 Å². The molecule has 1 aromatic rings. The van der Waals surface area contributed by atoms with Crippen LogP contribution in [0.1, 0.15) is 17.3 Å². The minimum absolute atomic E-state index is 0.195. The number of nitrogens with one attached hydrogen (secondary N) is 1. The monoisotopic (exact) mass is 274 g/mol. The van der Waals surface area contributed by atoms with E-state index >= 15 is 0 Å². The van der Waals surface area contributed by atoms with Crippen LogP contribution in [0.25, 0.3) is 0 Å². The van der Waals surface area contributed by atoms with E-state index < -0.39 is 12.0 Å². The first-order chi connectivity index (χ1) is 8.62. The molecular formula is C11H15ClN2O4. The average molecular weight is 275 g/mol. The number of pyridine rings is 1. The third kappa shape index (κ3) is 3.83. The minimum atomic E-state index is -0.586. The number of ether oxygens (including phenoxy) is 1. The maximum Gasteiger partial charge on any atom is 0.341 e. The van der Waals surface area contributed by atoms with E-state index in [1.807, 2.05) is 0 Å². The van der Waals surface area contributed by atoms with Gasteiger partial charge in [0.25, 0.3) is 0 Å². The normalized spacial score (nSPS) is 10.5. The molecule has 0 fully saturated rings. The fourth-order valence-corrected chi connectivity index (χ4v) is 1.45. The molecule has 0 saturated carbocycles. The molecular weight excluding hydrogens is 260 g/mol. The fraction of sp³-hybridized carbons (Fsp3) is 0.455. The molecule has 0 aromatic carbocycles. The van der Waals surface area contributed by atoms with Gasteiger partial charge in [-0.05, 0) is 13.0 Å². The lowest BCUT2D eigenvalue weighted by Crippen LogP contribution is -2.28. The van der Waals surface area contributed by atoms with Gasteiger partial charge >= 0.3 is 5.97 Å². The second kappa shape index (κ2) is 7.15. The quantitative estimate of drug-likeness (QED) is 0.522. The van der Waals surface area contributed by atoms with Crippen molar-refractivity contribution in [3.8, 4) is 0 Å². The van der Waals surface area contributed by atoms with Gasteiger partial charge < -0.3 is 20.3 Å². The molecule has 1 heterocycles. The van der Waals surface area contributed by atoms with Crippen molar-refractivity contribution >= 4 is 23.3 Å². The van der Waals surface area contributed by atoms with Crippen LogP contribution in [0.5, 0.6) is 0 Å². The molecule has 7 heteroatoms. The maximum absolute atomic E-state index is 11.7. The number of rotatable bonds is 6. The van der Waals surface area contributed by atoms with E-state index in [4.69, 9.17) is 26.6 Å². The summed E-state index contributed by atoms with van der Waals surface area (Å²) in [4.78, 5) is 15.5. The van der Waals surface area contributed by atoms with Crippen molar-refractivity contribution in [1.82, 2.24) is 4.98 Å². The second-order valence-electron chi connectivity index (χ2n) is 3.48. The first-order valence-electron chi connectivity index (χ1n) is 5.43. The molecule has 100 valence electrons. The highest BCUT2D eigenvalue weighted by Crippen LogP contribution is 2.20. The van der Waals surface area contributed by atoms with Gasteiger partial charge in [-0.25, -0.2) is 9.78 Å².